The zero-order chi connectivity index (χ0) is 20.4. The lowest BCUT2D eigenvalue weighted by molar-refractivity contribution is 0.101. The van der Waals surface area contributed by atoms with Crippen molar-refractivity contribution < 1.29 is 4.79 Å². The smallest absolute Gasteiger partial charge is 0.295 e. The van der Waals surface area contributed by atoms with Gasteiger partial charge in [-0.1, -0.05) is 57.3 Å². The number of halogens is 3. The molecule has 0 saturated heterocycles. The predicted octanol–water partition coefficient (Wildman–Crippen LogP) is 6.26. The largest absolute Gasteiger partial charge is 0.319 e. The van der Waals surface area contributed by atoms with Gasteiger partial charge in [-0.05, 0) is 54.6 Å². The SMILES string of the molecule is O=C(Nc1cccc(Cl)c1)c1nc(-c2ccc(Br)cc2)n(-c2ccc(Cl)cc2)n1. The molecule has 8 heteroatoms. The lowest BCUT2D eigenvalue weighted by atomic mass is 10.2. The molecule has 4 aromatic rings. The Balaban J connectivity index is 1.75. The van der Waals surface area contributed by atoms with Gasteiger partial charge in [-0.25, -0.2) is 9.67 Å². The van der Waals surface area contributed by atoms with Crippen molar-refractivity contribution in [1.29, 1.82) is 0 Å². The molecule has 4 rings (SSSR count). The number of aromatic nitrogens is 3. The summed E-state index contributed by atoms with van der Waals surface area (Å²) in [5, 5.41) is 8.34. The number of rotatable bonds is 4. The number of hydrogen-bond acceptors (Lipinski definition) is 3. The first-order valence-electron chi connectivity index (χ1n) is 8.55. The Morgan fingerprint density at radius 3 is 2.34 bits per heavy atom. The summed E-state index contributed by atoms with van der Waals surface area (Å²) in [4.78, 5) is 17.2. The summed E-state index contributed by atoms with van der Waals surface area (Å²) >= 11 is 15.4. The van der Waals surface area contributed by atoms with Gasteiger partial charge >= 0.3 is 0 Å². The highest BCUT2D eigenvalue weighted by Crippen LogP contribution is 2.24. The van der Waals surface area contributed by atoms with Crippen molar-refractivity contribution in [3.05, 3.63) is 93.1 Å². The van der Waals surface area contributed by atoms with Crippen LogP contribution in [0.1, 0.15) is 10.6 Å². The molecule has 0 radical (unpaired) electrons. The van der Waals surface area contributed by atoms with Gasteiger partial charge in [0.1, 0.15) is 0 Å². The second-order valence-electron chi connectivity index (χ2n) is 6.12. The lowest BCUT2D eigenvalue weighted by Gasteiger charge is -2.06. The molecule has 1 N–H and O–H groups in total. The van der Waals surface area contributed by atoms with Crippen molar-refractivity contribution in [2.75, 3.05) is 5.32 Å². The second kappa shape index (κ2) is 8.37. The Labute approximate surface area is 185 Å². The molecule has 0 fully saturated rings. The fourth-order valence-electron chi connectivity index (χ4n) is 2.71. The number of nitrogens with zero attached hydrogens (tertiary/aromatic N) is 3. The molecule has 144 valence electrons. The van der Waals surface area contributed by atoms with Crippen LogP contribution in [0.4, 0.5) is 5.69 Å². The second-order valence-corrected chi connectivity index (χ2v) is 7.91. The molecule has 0 aliphatic heterocycles. The van der Waals surface area contributed by atoms with Gasteiger partial charge in [0.05, 0.1) is 5.69 Å². The van der Waals surface area contributed by atoms with Crippen LogP contribution in [0.25, 0.3) is 17.1 Å². The molecule has 0 aliphatic rings. The van der Waals surface area contributed by atoms with E-state index in [4.69, 9.17) is 23.2 Å². The van der Waals surface area contributed by atoms with Crippen molar-refractivity contribution >= 4 is 50.7 Å². The molecular formula is C21H13BrCl2N4O. The van der Waals surface area contributed by atoms with E-state index >= 15 is 0 Å². The van der Waals surface area contributed by atoms with Gasteiger partial charge in [0.2, 0.25) is 5.82 Å². The van der Waals surface area contributed by atoms with E-state index in [0.717, 1.165) is 15.7 Å². The van der Waals surface area contributed by atoms with Gasteiger partial charge in [0.15, 0.2) is 5.82 Å². The third kappa shape index (κ3) is 4.50. The number of hydrogen-bond donors (Lipinski definition) is 1. The lowest BCUT2D eigenvalue weighted by Crippen LogP contribution is -2.14. The van der Waals surface area contributed by atoms with Crippen LogP contribution in [0.2, 0.25) is 10.0 Å². The molecule has 3 aromatic carbocycles. The summed E-state index contributed by atoms with van der Waals surface area (Å²) in [6.07, 6.45) is 0. The minimum Gasteiger partial charge on any atom is -0.319 e. The van der Waals surface area contributed by atoms with Gasteiger partial charge in [-0.15, -0.1) is 5.10 Å². The van der Waals surface area contributed by atoms with E-state index in [0.29, 0.717) is 21.6 Å². The quantitative estimate of drug-likeness (QED) is 0.369. The molecule has 29 heavy (non-hydrogen) atoms. The summed E-state index contributed by atoms with van der Waals surface area (Å²) in [6, 6.07) is 21.7. The zero-order valence-corrected chi connectivity index (χ0v) is 17.9. The van der Waals surface area contributed by atoms with Crippen molar-refractivity contribution in [3.8, 4) is 17.1 Å². The molecule has 0 atom stereocenters. The Morgan fingerprint density at radius 1 is 0.931 bits per heavy atom. The highest BCUT2D eigenvalue weighted by Gasteiger charge is 2.19. The maximum absolute atomic E-state index is 12.7. The normalized spacial score (nSPS) is 10.7. The fourth-order valence-corrected chi connectivity index (χ4v) is 3.29. The molecule has 0 unspecified atom stereocenters. The molecular weight excluding hydrogens is 475 g/mol. The third-order valence-electron chi connectivity index (χ3n) is 4.07. The average Bonchev–Trinajstić information content (AvgIpc) is 3.15. The molecule has 1 amide bonds. The summed E-state index contributed by atoms with van der Waals surface area (Å²) < 4.78 is 2.56. The first-order chi connectivity index (χ1) is 14.0. The molecule has 1 aromatic heterocycles. The Hall–Kier alpha value is -2.67. The van der Waals surface area contributed by atoms with Gasteiger partial charge in [-0.2, -0.15) is 0 Å². The maximum atomic E-state index is 12.7. The van der Waals surface area contributed by atoms with E-state index in [9.17, 15) is 4.79 Å². The summed E-state index contributed by atoms with van der Waals surface area (Å²) in [5.74, 6) is 0.146. The van der Waals surface area contributed by atoms with E-state index in [1.807, 2.05) is 36.4 Å². The number of anilines is 1. The molecule has 0 bridgehead atoms. The van der Waals surface area contributed by atoms with Crippen LogP contribution in [0.5, 0.6) is 0 Å². The molecule has 1 heterocycles. The maximum Gasteiger partial charge on any atom is 0.295 e. The number of carbonyl (C=O) groups is 1. The van der Waals surface area contributed by atoms with Crippen molar-refractivity contribution in [2.45, 2.75) is 0 Å². The Bertz CT molecular complexity index is 1110. The van der Waals surface area contributed by atoms with Gasteiger partial charge in [0.25, 0.3) is 5.91 Å². The monoisotopic (exact) mass is 486 g/mol. The average molecular weight is 488 g/mol. The topological polar surface area (TPSA) is 59.8 Å². The third-order valence-corrected chi connectivity index (χ3v) is 5.08. The van der Waals surface area contributed by atoms with Gasteiger partial charge < -0.3 is 5.32 Å². The standard InChI is InChI=1S/C21H13BrCl2N4O/c22-14-6-4-13(5-7-14)20-26-19(21(29)25-17-3-1-2-16(24)12-17)27-28(20)18-10-8-15(23)9-11-18/h1-12H,(H,25,29). The van der Waals surface area contributed by atoms with E-state index < -0.39 is 5.91 Å². The van der Waals surface area contributed by atoms with E-state index in [2.05, 4.69) is 31.3 Å². The predicted molar refractivity (Wildman–Crippen MR) is 119 cm³/mol. The Kier molecular flexibility index (Phi) is 5.67. The van der Waals surface area contributed by atoms with E-state index in [1.165, 1.54) is 0 Å². The highest BCUT2D eigenvalue weighted by molar-refractivity contribution is 9.10. The summed E-state index contributed by atoms with van der Waals surface area (Å²) in [5.41, 5.74) is 2.12. The van der Waals surface area contributed by atoms with Crippen molar-refractivity contribution in [1.82, 2.24) is 14.8 Å². The first-order valence-corrected chi connectivity index (χ1v) is 10.1. The van der Waals surface area contributed by atoms with Crippen molar-refractivity contribution in [3.63, 3.8) is 0 Å². The molecule has 0 saturated carbocycles. The minimum absolute atomic E-state index is 0.0397. The van der Waals surface area contributed by atoms with Gasteiger partial charge in [0, 0.05) is 25.8 Å². The number of amides is 1. The van der Waals surface area contributed by atoms with E-state index in [1.54, 1.807) is 41.1 Å². The highest BCUT2D eigenvalue weighted by atomic mass is 79.9. The van der Waals surface area contributed by atoms with Crippen LogP contribution in [0.15, 0.2) is 77.3 Å². The van der Waals surface area contributed by atoms with Crippen molar-refractivity contribution in [2.24, 2.45) is 0 Å². The number of carbonyl (C=O) groups excluding carboxylic acids is 1. The first kappa shape index (κ1) is 19.6. The summed E-state index contributed by atoms with van der Waals surface area (Å²) in [7, 11) is 0. The fraction of sp³-hybridized carbons (Fsp3) is 0. The molecule has 5 nitrogen and oxygen atoms in total. The Morgan fingerprint density at radius 2 is 1.66 bits per heavy atom. The van der Waals surface area contributed by atoms with Crippen LogP contribution in [-0.2, 0) is 0 Å². The minimum atomic E-state index is -0.432. The van der Waals surface area contributed by atoms with Crippen LogP contribution >= 0.6 is 39.1 Å². The van der Waals surface area contributed by atoms with E-state index in [-0.39, 0.29) is 5.82 Å². The number of benzene rings is 3. The van der Waals surface area contributed by atoms with Crippen LogP contribution in [0.3, 0.4) is 0 Å². The molecule has 0 aliphatic carbocycles. The summed E-state index contributed by atoms with van der Waals surface area (Å²) in [6.45, 7) is 0. The molecule has 0 spiro atoms. The van der Waals surface area contributed by atoms with Crippen LogP contribution < -0.4 is 5.32 Å². The number of nitrogens with one attached hydrogen (secondary N) is 1. The zero-order valence-electron chi connectivity index (χ0n) is 14.8. The van der Waals surface area contributed by atoms with Crippen LogP contribution in [0, 0.1) is 0 Å². The van der Waals surface area contributed by atoms with Gasteiger partial charge in [-0.3, -0.25) is 4.79 Å². The van der Waals surface area contributed by atoms with Crippen LogP contribution in [-0.4, -0.2) is 20.7 Å².